The molecule has 6 nitrogen and oxygen atoms in total. The summed E-state index contributed by atoms with van der Waals surface area (Å²) in [5.41, 5.74) is 0.332. The fourth-order valence-corrected chi connectivity index (χ4v) is 2.90. The number of carbonyl (C=O) groups excluding carboxylic acids is 1. The Morgan fingerprint density at radius 2 is 1.70 bits per heavy atom. The molecule has 1 rings (SSSR count). The molecule has 126 valence electrons. The lowest BCUT2D eigenvalue weighted by Crippen LogP contribution is -2.48. The van der Waals surface area contributed by atoms with Crippen LogP contribution in [0, 0.1) is 6.92 Å². The molecule has 0 aliphatic heterocycles. The van der Waals surface area contributed by atoms with E-state index in [9.17, 15) is 13.2 Å². The minimum Gasteiger partial charge on any atom is -0.444 e. The largest absolute Gasteiger partial charge is 0.444 e. The molecule has 9 heteroatoms. The van der Waals surface area contributed by atoms with Crippen LogP contribution >= 0.6 is 0 Å². The number of alkyl carbamates (subject to hydrolysis) is 1. The molecule has 0 unspecified atom stereocenters. The van der Waals surface area contributed by atoms with E-state index in [-0.39, 0.29) is 11.4 Å². The van der Waals surface area contributed by atoms with Crippen molar-refractivity contribution in [2.75, 3.05) is 6.54 Å². The molecule has 0 fully saturated rings. The van der Waals surface area contributed by atoms with Crippen molar-refractivity contribution in [1.82, 2.24) is 5.32 Å². The summed E-state index contributed by atoms with van der Waals surface area (Å²) in [7, 11) is -0.751. The Morgan fingerprint density at radius 1 is 1.17 bits per heavy atom. The van der Waals surface area contributed by atoms with Crippen LogP contribution in [-0.4, -0.2) is 47.7 Å². The molecular weight excluding hydrogens is 316 g/mol. The van der Waals surface area contributed by atoms with Crippen molar-refractivity contribution in [3.8, 4) is 0 Å². The van der Waals surface area contributed by atoms with Gasteiger partial charge in [0.2, 0.25) is 0 Å². The summed E-state index contributed by atoms with van der Waals surface area (Å²) in [6.07, 6.45) is -0.623. The van der Waals surface area contributed by atoms with Crippen LogP contribution in [0.2, 0.25) is 0 Å². The first-order chi connectivity index (χ1) is 10.3. The highest BCUT2D eigenvalue weighted by molar-refractivity contribution is 7.86. The minimum absolute atomic E-state index is 0.00694. The van der Waals surface area contributed by atoms with Crippen LogP contribution in [0.5, 0.6) is 0 Å². The Labute approximate surface area is 139 Å². The summed E-state index contributed by atoms with van der Waals surface area (Å²) in [6, 6.07) is 6.37. The molecule has 1 amide bonds. The first-order valence-electron chi connectivity index (χ1n) is 7.30. The predicted octanol–water partition coefficient (Wildman–Crippen LogP) is 0.145. The highest BCUT2D eigenvalue weighted by Crippen LogP contribution is 2.17. The second kappa shape index (κ2) is 6.97. The molecule has 0 atom stereocenters. The van der Waals surface area contributed by atoms with Crippen molar-refractivity contribution < 1.29 is 22.1 Å². The van der Waals surface area contributed by atoms with Crippen molar-refractivity contribution in [3.63, 3.8) is 0 Å². The molecule has 0 bridgehead atoms. The fraction of sp³-hybridized carbons (Fsp3) is 0.500. The zero-order chi connectivity index (χ0) is 17.9. The van der Waals surface area contributed by atoms with Gasteiger partial charge in [-0.2, -0.15) is 8.42 Å². The lowest BCUT2D eigenvalue weighted by Gasteiger charge is -2.26. The molecule has 23 heavy (non-hydrogen) atoms. The van der Waals surface area contributed by atoms with E-state index in [1.54, 1.807) is 48.6 Å². The quantitative estimate of drug-likeness (QED) is 0.610. The summed E-state index contributed by atoms with van der Waals surface area (Å²) in [5.74, 6) is 0. The number of hydrogen-bond donors (Lipinski definition) is 1. The van der Waals surface area contributed by atoms with Gasteiger partial charge in [0.25, 0.3) is 10.1 Å². The number of aryl methyl sites for hydroxylation is 1. The van der Waals surface area contributed by atoms with Crippen LogP contribution in [0.25, 0.3) is 0 Å². The van der Waals surface area contributed by atoms with E-state index >= 15 is 0 Å². The standard InChI is InChI=1S/C14H23B2NO5S/c1-10-5-7-11(8-6-10)23(19,20)22-14(15,16)9-17-12(18)21-13(2,3)4/h5-8H,9,15-16H2,1-4H3,(H,17,18). The van der Waals surface area contributed by atoms with Gasteiger partial charge in [0, 0.05) is 11.9 Å². The molecular formula is C14H23B2NO5S. The van der Waals surface area contributed by atoms with Crippen LogP contribution < -0.4 is 5.32 Å². The third-order valence-corrected chi connectivity index (χ3v) is 4.22. The van der Waals surface area contributed by atoms with E-state index < -0.39 is 27.2 Å². The highest BCUT2D eigenvalue weighted by Gasteiger charge is 2.29. The van der Waals surface area contributed by atoms with Gasteiger partial charge in [-0.1, -0.05) is 17.7 Å². The molecule has 0 saturated heterocycles. The molecule has 0 aromatic heterocycles. The zero-order valence-electron chi connectivity index (χ0n) is 14.5. The van der Waals surface area contributed by atoms with Gasteiger partial charge in [0.15, 0.2) is 0 Å². The van der Waals surface area contributed by atoms with E-state index in [0.717, 1.165) is 5.56 Å². The number of benzene rings is 1. The zero-order valence-corrected chi connectivity index (χ0v) is 15.3. The molecule has 0 aliphatic carbocycles. The Morgan fingerprint density at radius 3 is 2.17 bits per heavy atom. The van der Waals surface area contributed by atoms with E-state index in [2.05, 4.69) is 5.32 Å². The Hall–Kier alpha value is -1.47. The van der Waals surface area contributed by atoms with Gasteiger partial charge < -0.3 is 10.1 Å². The summed E-state index contributed by atoms with van der Waals surface area (Å²) >= 11 is 0. The van der Waals surface area contributed by atoms with E-state index in [4.69, 9.17) is 8.92 Å². The number of hydrogen-bond acceptors (Lipinski definition) is 5. The summed E-state index contributed by atoms with van der Waals surface area (Å²) in [5, 5.41) is 1.40. The molecule has 0 heterocycles. The van der Waals surface area contributed by atoms with Crippen molar-refractivity contribution in [1.29, 1.82) is 0 Å². The number of carbonyl (C=O) groups is 1. The predicted molar refractivity (Wildman–Crippen MR) is 93.5 cm³/mol. The maximum Gasteiger partial charge on any atom is 0.407 e. The molecule has 1 aromatic carbocycles. The number of nitrogens with one attached hydrogen (secondary N) is 1. The second-order valence-electron chi connectivity index (χ2n) is 6.97. The normalized spacial score (nSPS) is 12.7. The molecule has 0 saturated carbocycles. The van der Waals surface area contributed by atoms with Crippen molar-refractivity contribution in [2.24, 2.45) is 0 Å². The summed E-state index contributed by atoms with van der Waals surface area (Å²) in [6.45, 7) is 7.10. The number of rotatable bonds is 5. The van der Waals surface area contributed by atoms with Crippen LogP contribution in [-0.2, 0) is 19.0 Å². The van der Waals surface area contributed by atoms with Gasteiger partial charge in [-0.3, -0.25) is 4.18 Å². The average molecular weight is 339 g/mol. The van der Waals surface area contributed by atoms with E-state index in [1.165, 1.54) is 12.1 Å². The molecule has 0 aliphatic rings. The minimum atomic E-state index is -3.91. The molecule has 1 aromatic rings. The van der Waals surface area contributed by atoms with Gasteiger partial charge in [-0.25, -0.2) is 4.79 Å². The van der Waals surface area contributed by atoms with E-state index in [1.807, 2.05) is 6.92 Å². The van der Waals surface area contributed by atoms with Crippen LogP contribution in [0.4, 0.5) is 4.79 Å². The Bertz CT molecular complexity index is 651. The summed E-state index contributed by atoms with van der Waals surface area (Å²) < 4.78 is 34.9. The first-order valence-corrected chi connectivity index (χ1v) is 8.71. The molecule has 0 radical (unpaired) electrons. The van der Waals surface area contributed by atoms with Crippen LogP contribution in [0.3, 0.4) is 0 Å². The second-order valence-corrected chi connectivity index (χ2v) is 8.51. The van der Waals surface area contributed by atoms with Crippen molar-refractivity contribution in [2.45, 2.75) is 43.6 Å². The fourth-order valence-electron chi connectivity index (χ4n) is 1.68. The smallest absolute Gasteiger partial charge is 0.407 e. The van der Waals surface area contributed by atoms with Gasteiger partial charge in [-0.15, -0.1) is 0 Å². The molecule has 0 spiro atoms. The Balaban J connectivity index is 2.70. The average Bonchev–Trinajstić information content (AvgIpc) is 2.34. The Kier molecular flexibility index (Phi) is 5.93. The number of ether oxygens (including phenoxy) is 1. The summed E-state index contributed by atoms with van der Waals surface area (Å²) in [4.78, 5) is 11.7. The maximum absolute atomic E-state index is 12.3. The van der Waals surface area contributed by atoms with Gasteiger partial charge >= 0.3 is 6.09 Å². The first kappa shape index (κ1) is 19.6. The molecule has 1 N–H and O–H groups in total. The van der Waals surface area contributed by atoms with Crippen molar-refractivity contribution >= 4 is 31.9 Å². The van der Waals surface area contributed by atoms with Crippen LogP contribution in [0.1, 0.15) is 26.3 Å². The monoisotopic (exact) mass is 339 g/mol. The van der Waals surface area contributed by atoms with Gasteiger partial charge in [0.05, 0.1) is 4.90 Å². The van der Waals surface area contributed by atoms with Crippen LogP contribution in [0.15, 0.2) is 29.2 Å². The lowest BCUT2D eigenvalue weighted by molar-refractivity contribution is 0.0508. The SMILES string of the molecule is BC(B)(CNC(=O)OC(C)(C)C)OS(=O)(=O)c1ccc(C)cc1. The highest BCUT2D eigenvalue weighted by atomic mass is 32.2. The lowest BCUT2D eigenvalue weighted by atomic mass is 9.65. The van der Waals surface area contributed by atoms with Crippen molar-refractivity contribution in [3.05, 3.63) is 29.8 Å². The van der Waals surface area contributed by atoms with Gasteiger partial charge in [0.1, 0.15) is 21.3 Å². The topological polar surface area (TPSA) is 81.7 Å². The van der Waals surface area contributed by atoms with E-state index in [0.29, 0.717) is 0 Å². The maximum atomic E-state index is 12.3. The third kappa shape index (κ3) is 7.09. The number of amides is 1. The third-order valence-electron chi connectivity index (χ3n) is 2.70. The van der Waals surface area contributed by atoms with Gasteiger partial charge in [-0.05, 0) is 39.8 Å².